The van der Waals surface area contributed by atoms with Gasteiger partial charge in [0.15, 0.2) is 5.82 Å². The molecule has 1 amide bonds. The maximum atomic E-state index is 12.8. The van der Waals surface area contributed by atoms with Crippen LogP contribution in [0.15, 0.2) is 16.7 Å². The van der Waals surface area contributed by atoms with Crippen LogP contribution in [-0.2, 0) is 4.79 Å². The molecule has 3 rings (SSSR count). The summed E-state index contributed by atoms with van der Waals surface area (Å²) in [6, 6.07) is 1.88. The summed E-state index contributed by atoms with van der Waals surface area (Å²) in [5.41, 5.74) is 0.920. The summed E-state index contributed by atoms with van der Waals surface area (Å²) < 4.78 is 1.34. The number of hydrogen-bond acceptors (Lipinski definition) is 4. The lowest BCUT2D eigenvalue weighted by atomic mass is 10.1. The van der Waals surface area contributed by atoms with Gasteiger partial charge < -0.3 is 9.80 Å². The lowest BCUT2D eigenvalue weighted by Gasteiger charge is -2.47. The Balaban J connectivity index is 2.01. The molecule has 0 saturated carbocycles. The van der Waals surface area contributed by atoms with Crippen molar-refractivity contribution in [3.05, 3.63) is 16.7 Å². The third kappa shape index (κ3) is 2.68. The van der Waals surface area contributed by atoms with Gasteiger partial charge in [-0.25, -0.2) is 4.98 Å². The standard InChI is InChI=1S/C14H18BrIN4O/c1-3-19-11-6-10(15)7-17-13(11)20-5-4-18(9(2)16)8-12(20)14(19)21/h6-7,9,12H,3-5,8H2,1-2H3. The van der Waals surface area contributed by atoms with Crippen LogP contribution in [0.1, 0.15) is 13.8 Å². The number of likely N-dealkylation sites (N-methyl/N-ethyl adjacent to an activating group) is 1. The average molecular weight is 465 g/mol. The molecule has 0 aromatic carbocycles. The first-order chi connectivity index (χ1) is 10.0. The lowest BCUT2D eigenvalue weighted by Crippen LogP contribution is -2.63. The van der Waals surface area contributed by atoms with Crippen molar-refractivity contribution in [3.8, 4) is 0 Å². The number of nitrogens with zero attached hydrogens (tertiary/aromatic N) is 4. The molecule has 21 heavy (non-hydrogen) atoms. The van der Waals surface area contributed by atoms with Gasteiger partial charge in [-0.1, -0.05) is 22.6 Å². The molecule has 1 aromatic heterocycles. The maximum Gasteiger partial charge on any atom is 0.251 e. The van der Waals surface area contributed by atoms with E-state index in [0.29, 0.717) is 10.6 Å². The molecule has 1 fully saturated rings. The zero-order chi connectivity index (χ0) is 15.1. The topological polar surface area (TPSA) is 39.7 Å². The van der Waals surface area contributed by atoms with Crippen molar-refractivity contribution in [2.75, 3.05) is 36.0 Å². The fraction of sp³-hybridized carbons (Fsp3) is 0.571. The number of alkyl halides is 1. The van der Waals surface area contributed by atoms with Crippen LogP contribution in [0, 0.1) is 0 Å². The van der Waals surface area contributed by atoms with Crippen molar-refractivity contribution in [2.45, 2.75) is 23.9 Å². The van der Waals surface area contributed by atoms with Crippen molar-refractivity contribution >= 4 is 55.9 Å². The van der Waals surface area contributed by atoms with Gasteiger partial charge in [0.2, 0.25) is 0 Å². The smallest absolute Gasteiger partial charge is 0.251 e. The SMILES string of the molecule is CCN1C(=O)C2CN(C(C)I)CCN2c2ncc(Br)cc21. The first kappa shape index (κ1) is 15.5. The van der Waals surface area contributed by atoms with E-state index in [2.05, 4.69) is 60.2 Å². The highest BCUT2D eigenvalue weighted by molar-refractivity contribution is 14.1. The molecule has 1 aromatic rings. The third-order valence-corrected chi connectivity index (χ3v) is 5.38. The van der Waals surface area contributed by atoms with Crippen molar-refractivity contribution in [1.82, 2.24) is 9.88 Å². The highest BCUT2D eigenvalue weighted by atomic mass is 127. The van der Waals surface area contributed by atoms with Crippen molar-refractivity contribution < 1.29 is 4.79 Å². The number of pyridine rings is 1. The Kier molecular flexibility index (Phi) is 4.42. The van der Waals surface area contributed by atoms with Gasteiger partial charge in [0, 0.05) is 36.8 Å². The third-order valence-electron chi connectivity index (χ3n) is 4.16. The summed E-state index contributed by atoms with van der Waals surface area (Å²) >= 11 is 5.87. The van der Waals surface area contributed by atoms with Gasteiger partial charge in [0.1, 0.15) is 6.04 Å². The van der Waals surface area contributed by atoms with Gasteiger partial charge in [-0.05, 0) is 35.8 Å². The predicted octanol–water partition coefficient (Wildman–Crippen LogP) is 2.48. The first-order valence-corrected chi connectivity index (χ1v) is 9.18. The Labute approximate surface area is 146 Å². The van der Waals surface area contributed by atoms with Gasteiger partial charge >= 0.3 is 0 Å². The second-order valence-electron chi connectivity index (χ2n) is 5.36. The summed E-state index contributed by atoms with van der Waals surface area (Å²) in [6.45, 7) is 7.45. The van der Waals surface area contributed by atoms with E-state index in [0.717, 1.165) is 35.6 Å². The summed E-state index contributed by atoms with van der Waals surface area (Å²) in [7, 11) is 0. The van der Waals surface area contributed by atoms with Crippen LogP contribution in [0.4, 0.5) is 11.5 Å². The molecule has 5 nitrogen and oxygen atoms in total. The number of carbonyl (C=O) groups excluding carboxylic acids is 1. The number of piperazine rings is 1. The van der Waals surface area contributed by atoms with E-state index in [1.165, 1.54) is 0 Å². The minimum absolute atomic E-state index is 0.114. The summed E-state index contributed by atoms with van der Waals surface area (Å²) in [4.78, 5) is 23.8. The van der Waals surface area contributed by atoms with Crippen LogP contribution in [0.5, 0.6) is 0 Å². The minimum atomic E-state index is -0.114. The van der Waals surface area contributed by atoms with Gasteiger partial charge in [-0.2, -0.15) is 0 Å². The molecular weight excluding hydrogens is 447 g/mol. The second-order valence-corrected chi connectivity index (χ2v) is 8.08. The number of hydrogen-bond donors (Lipinski definition) is 0. The molecule has 0 bridgehead atoms. The molecule has 2 aliphatic rings. The van der Waals surface area contributed by atoms with Gasteiger partial charge in [0.25, 0.3) is 5.91 Å². The quantitative estimate of drug-likeness (QED) is 0.383. The van der Waals surface area contributed by atoms with E-state index in [4.69, 9.17) is 0 Å². The van der Waals surface area contributed by atoms with E-state index in [1.54, 1.807) is 0 Å². The van der Waals surface area contributed by atoms with E-state index in [9.17, 15) is 4.79 Å². The molecule has 0 radical (unpaired) electrons. The van der Waals surface area contributed by atoms with Crippen molar-refractivity contribution in [2.24, 2.45) is 0 Å². The molecule has 1 saturated heterocycles. The summed E-state index contributed by atoms with van der Waals surface area (Å²) in [5.74, 6) is 1.12. The average Bonchev–Trinajstić information content (AvgIpc) is 2.47. The molecule has 3 heterocycles. The van der Waals surface area contributed by atoms with Gasteiger partial charge in [-0.15, -0.1) is 0 Å². The molecule has 0 N–H and O–H groups in total. The number of amides is 1. The van der Waals surface area contributed by atoms with Gasteiger partial charge in [-0.3, -0.25) is 9.69 Å². The fourth-order valence-corrected chi connectivity index (χ4v) is 3.88. The van der Waals surface area contributed by atoms with E-state index >= 15 is 0 Å². The molecule has 0 aliphatic carbocycles. The number of carbonyl (C=O) groups is 1. The van der Waals surface area contributed by atoms with Gasteiger partial charge in [0.05, 0.1) is 9.74 Å². The number of anilines is 2. The van der Waals surface area contributed by atoms with E-state index in [-0.39, 0.29) is 11.9 Å². The maximum absolute atomic E-state index is 12.8. The monoisotopic (exact) mass is 464 g/mol. The Morgan fingerprint density at radius 2 is 2.29 bits per heavy atom. The molecule has 7 heteroatoms. The predicted molar refractivity (Wildman–Crippen MR) is 96.2 cm³/mol. The second kappa shape index (κ2) is 6.00. The van der Waals surface area contributed by atoms with Crippen LogP contribution in [0.2, 0.25) is 0 Å². The van der Waals surface area contributed by atoms with Crippen LogP contribution in [0.25, 0.3) is 0 Å². The Morgan fingerprint density at radius 1 is 1.52 bits per heavy atom. The van der Waals surface area contributed by atoms with E-state index in [1.807, 2.05) is 24.1 Å². The molecular formula is C14H18BrIN4O. The minimum Gasteiger partial charge on any atom is -0.340 e. The molecule has 0 spiro atoms. The van der Waals surface area contributed by atoms with Crippen LogP contribution < -0.4 is 9.80 Å². The van der Waals surface area contributed by atoms with Crippen LogP contribution in [0.3, 0.4) is 0 Å². The molecule has 114 valence electrons. The Hall–Kier alpha value is -0.410. The largest absolute Gasteiger partial charge is 0.340 e. The van der Waals surface area contributed by atoms with Crippen molar-refractivity contribution in [3.63, 3.8) is 0 Å². The van der Waals surface area contributed by atoms with E-state index < -0.39 is 0 Å². The van der Waals surface area contributed by atoms with Crippen molar-refractivity contribution in [1.29, 1.82) is 0 Å². The summed E-state index contributed by atoms with van der Waals surface area (Å²) in [6.07, 6.45) is 1.81. The molecule has 2 atom stereocenters. The highest BCUT2D eigenvalue weighted by Gasteiger charge is 2.42. The zero-order valence-corrected chi connectivity index (χ0v) is 15.8. The first-order valence-electron chi connectivity index (χ1n) is 7.14. The number of aromatic nitrogens is 1. The highest BCUT2D eigenvalue weighted by Crippen LogP contribution is 2.37. The summed E-state index contributed by atoms with van der Waals surface area (Å²) in [5, 5.41) is 0. The Morgan fingerprint density at radius 3 is 2.95 bits per heavy atom. The molecule has 2 unspecified atom stereocenters. The fourth-order valence-electron chi connectivity index (χ4n) is 3.06. The number of rotatable bonds is 2. The normalized spacial score (nSPS) is 23.8. The Bertz CT molecular complexity index is 568. The zero-order valence-electron chi connectivity index (χ0n) is 12.1. The van der Waals surface area contributed by atoms with Crippen LogP contribution in [-0.4, -0.2) is 52.1 Å². The number of halogens is 2. The van der Waals surface area contributed by atoms with Crippen LogP contribution >= 0.6 is 38.5 Å². The molecule has 2 aliphatic heterocycles. The lowest BCUT2D eigenvalue weighted by molar-refractivity contribution is -0.121. The number of fused-ring (bicyclic) bond motifs is 3.